The Morgan fingerprint density at radius 1 is 1.19 bits per heavy atom. The van der Waals surface area contributed by atoms with Crippen LogP contribution in [0, 0.1) is 0 Å². The summed E-state index contributed by atoms with van der Waals surface area (Å²) in [4.78, 5) is 33.2. The lowest BCUT2D eigenvalue weighted by Gasteiger charge is -2.25. The van der Waals surface area contributed by atoms with Gasteiger partial charge < -0.3 is 14.2 Å². The molecule has 0 fully saturated rings. The number of benzene rings is 2. The summed E-state index contributed by atoms with van der Waals surface area (Å²) in [6, 6.07) is 10.6. The molecule has 37 heavy (non-hydrogen) atoms. The van der Waals surface area contributed by atoms with Crippen LogP contribution in [-0.2, 0) is 9.53 Å². The molecule has 0 radical (unpaired) electrons. The van der Waals surface area contributed by atoms with E-state index in [1.54, 1.807) is 55.3 Å². The molecule has 7 nitrogen and oxygen atoms in total. The van der Waals surface area contributed by atoms with Crippen LogP contribution >= 0.6 is 34.7 Å². The third kappa shape index (κ3) is 5.35. The Hall–Kier alpha value is -3.01. The van der Waals surface area contributed by atoms with Gasteiger partial charge in [-0.15, -0.1) is 11.8 Å². The number of carbonyl (C=O) groups excluding carboxylic acids is 1. The van der Waals surface area contributed by atoms with E-state index < -0.39 is 12.0 Å². The van der Waals surface area contributed by atoms with Crippen molar-refractivity contribution in [3.63, 3.8) is 0 Å². The fraction of sp³-hybridized carbons (Fsp3) is 0.296. The number of carbonyl (C=O) groups is 1. The van der Waals surface area contributed by atoms with Crippen LogP contribution < -0.4 is 24.4 Å². The first kappa shape index (κ1) is 27.0. The second-order valence-electron chi connectivity index (χ2n) is 8.55. The maximum absolute atomic E-state index is 13.8. The number of hydrogen-bond donors (Lipinski definition) is 0. The molecule has 0 bridgehead atoms. The summed E-state index contributed by atoms with van der Waals surface area (Å²) in [5.74, 6) is 0.381. The van der Waals surface area contributed by atoms with E-state index in [9.17, 15) is 9.59 Å². The molecule has 0 spiro atoms. The van der Waals surface area contributed by atoms with Gasteiger partial charge in [0.05, 0.1) is 47.2 Å². The van der Waals surface area contributed by atoms with Gasteiger partial charge in [0, 0.05) is 4.90 Å². The number of esters is 1. The molecule has 0 N–H and O–H groups in total. The largest absolute Gasteiger partial charge is 0.493 e. The third-order valence-corrected chi connectivity index (χ3v) is 7.78. The molecule has 1 aromatic heterocycles. The predicted molar refractivity (Wildman–Crippen MR) is 148 cm³/mol. The van der Waals surface area contributed by atoms with Crippen molar-refractivity contribution in [1.82, 2.24) is 4.57 Å². The molecule has 4 rings (SSSR count). The van der Waals surface area contributed by atoms with Crippen LogP contribution in [0.1, 0.15) is 37.9 Å². The van der Waals surface area contributed by atoms with Gasteiger partial charge in [0.15, 0.2) is 16.3 Å². The summed E-state index contributed by atoms with van der Waals surface area (Å²) in [5.41, 5.74) is 2.06. The second kappa shape index (κ2) is 11.2. The smallest absolute Gasteiger partial charge is 0.338 e. The molecule has 1 atom stereocenters. The molecule has 1 aliphatic rings. The van der Waals surface area contributed by atoms with Gasteiger partial charge in [0.1, 0.15) is 0 Å². The summed E-state index contributed by atoms with van der Waals surface area (Å²) < 4.78 is 18.3. The van der Waals surface area contributed by atoms with E-state index in [0.29, 0.717) is 42.7 Å². The van der Waals surface area contributed by atoms with Gasteiger partial charge >= 0.3 is 5.97 Å². The lowest BCUT2D eigenvalue weighted by atomic mass is 9.96. The van der Waals surface area contributed by atoms with E-state index in [2.05, 4.69) is 4.99 Å². The molecule has 2 aromatic carbocycles. The van der Waals surface area contributed by atoms with Gasteiger partial charge in [0.2, 0.25) is 0 Å². The van der Waals surface area contributed by atoms with Gasteiger partial charge in [0.25, 0.3) is 5.56 Å². The fourth-order valence-corrected chi connectivity index (χ4v) is 5.89. The Morgan fingerprint density at radius 2 is 1.89 bits per heavy atom. The molecule has 1 aliphatic heterocycles. The molecular weight excluding hydrogens is 532 g/mol. The van der Waals surface area contributed by atoms with Crippen LogP contribution in [0.25, 0.3) is 6.08 Å². The number of halogens is 1. The molecule has 0 amide bonds. The predicted octanol–water partition coefficient (Wildman–Crippen LogP) is 4.58. The number of allylic oxidation sites excluding steroid dienone is 1. The van der Waals surface area contributed by atoms with Crippen LogP contribution in [0.5, 0.6) is 11.5 Å². The number of hydrogen-bond acceptors (Lipinski definition) is 8. The minimum absolute atomic E-state index is 0.268. The number of ether oxygens (including phenoxy) is 3. The van der Waals surface area contributed by atoms with E-state index in [1.807, 2.05) is 30.5 Å². The third-order valence-electron chi connectivity index (χ3n) is 5.77. The monoisotopic (exact) mass is 558 g/mol. The summed E-state index contributed by atoms with van der Waals surface area (Å²) in [6.07, 6.45) is 3.41. The number of thioether (sulfide) groups is 1. The maximum atomic E-state index is 13.8. The van der Waals surface area contributed by atoms with Crippen LogP contribution in [-0.4, -0.2) is 37.1 Å². The number of nitrogens with zero attached hydrogens (tertiary/aromatic N) is 2. The highest BCUT2D eigenvalue weighted by molar-refractivity contribution is 7.98. The Labute approximate surface area is 228 Å². The zero-order valence-electron chi connectivity index (χ0n) is 21.3. The van der Waals surface area contributed by atoms with Gasteiger partial charge in [-0.2, -0.15) is 0 Å². The minimum atomic E-state index is -0.672. The van der Waals surface area contributed by atoms with Crippen molar-refractivity contribution < 1.29 is 19.0 Å². The number of methoxy groups -OCH3 is 2. The van der Waals surface area contributed by atoms with E-state index in [0.717, 1.165) is 10.5 Å². The molecule has 194 valence electrons. The highest BCUT2D eigenvalue weighted by atomic mass is 35.5. The number of thiazole rings is 1. The average molecular weight is 559 g/mol. The Bertz CT molecular complexity index is 1560. The van der Waals surface area contributed by atoms with E-state index in [1.165, 1.54) is 25.6 Å². The Balaban J connectivity index is 1.93. The van der Waals surface area contributed by atoms with Gasteiger partial charge in [-0.3, -0.25) is 9.36 Å². The molecule has 0 saturated heterocycles. The molecular formula is C27H27ClN2O5S2. The van der Waals surface area contributed by atoms with Crippen LogP contribution in [0.3, 0.4) is 0 Å². The van der Waals surface area contributed by atoms with Crippen molar-refractivity contribution in [2.75, 3.05) is 20.5 Å². The first-order valence-corrected chi connectivity index (χ1v) is 13.9. The molecule has 0 saturated carbocycles. The van der Waals surface area contributed by atoms with Crippen molar-refractivity contribution in [1.29, 1.82) is 0 Å². The number of rotatable bonds is 7. The molecule has 10 heteroatoms. The lowest BCUT2D eigenvalue weighted by Crippen LogP contribution is -2.40. The van der Waals surface area contributed by atoms with E-state index in [-0.39, 0.29) is 11.7 Å². The topological polar surface area (TPSA) is 79.1 Å². The highest BCUT2D eigenvalue weighted by Gasteiger charge is 2.33. The van der Waals surface area contributed by atoms with Crippen molar-refractivity contribution >= 4 is 46.7 Å². The van der Waals surface area contributed by atoms with Crippen LogP contribution in [0.2, 0.25) is 5.02 Å². The van der Waals surface area contributed by atoms with Crippen LogP contribution in [0.15, 0.2) is 62.4 Å². The SMILES string of the molecule is COc1cc(/C=c2\sc3n(c2=O)C(c2ccc(SC)cc2)C(C(=O)OC(C)C)=C(C)N=3)cc(Cl)c1OC. The Morgan fingerprint density at radius 3 is 2.49 bits per heavy atom. The molecule has 2 heterocycles. The van der Waals surface area contributed by atoms with Crippen molar-refractivity contribution in [3.8, 4) is 11.5 Å². The first-order chi connectivity index (χ1) is 17.7. The average Bonchev–Trinajstić information content (AvgIpc) is 3.16. The normalized spacial score (nSPS) is 15.5. The fourth-order valence-electron chi connectivity index (χ4n) is 4.13. The molecule has 3 aromatic rings. The van der Waals surface area contributed by atoms with E-state index >= 15 is 0 Å². The molecule has 1 unspecified atom stereocenters. The van der Waals surface area contributed by atoms with Gasteiger partial charge in [-0.05, 0) is 68.5 Å². The first-order valence-electron chi connectivity index (χ1n) is 11.5. The highest BCUT2D eigenvalue weighted by Crippen LogP contribution is 2.36. The minimum Gasteiger partial charge on any atom is -0.493 e. The van der Waals surface area contributed by atoms with Crippen LogP contribution in [0.4, 0.5) is 0 Å². The van der Waals surface area contributed by atoms with Crippen molar-refractivity contribution in [3.05, 3.63) is 83.5 Å². The van der Waals surface area contributed by atoms with Crippen molar-refractivity contribution in [2.24, 2.45) is 4.99 Å². The zero-order chi connectivity index (χ0) is 26.9. The van der Waals surface area contributed by atoms with E-state index in [4.69, 9.17) is 25.8 Å². The number of aromatic nitrogens is 1. The second-order valence-corrected chi connectivity index (χ2v) is 10.8. The molecule has 0 aliphatic carbocycles. The van der Waals surface area contributed by atoms with Gasteiger partial charge in [-0.1, -0.05) is 35.1 Å². The number of fused-ring (bicyclic) bond motifs is 1. The van der Waals surface area contributed by atoms with Gasteiger partial charge in [-0.25, -0.2) is 9.79 Å². The lowest BCUT2D eigenvalue weighted by molar-refractivity contribution is -0.143. The quantitative estimate of drug-likeness (QED) is 0.312. The van der Waals surface area contributed by atoms with Crippen molar-refractivity contribution in [2.45, 2.75) is 37.8 Å². The standard InChI is InChI=1S/C27H27ClN2O5S2/c1-14(2)35-26(32)22-15(3)29-27-30(23(22)17-7-9-18(36-6)10-8-17)25(31)21(37-27)13-16-11-19(28)24(34-5)20(12-16)33-4/h7-14,23H,1-6H3/b21-13-. The summed E-state index contributed by atoms with van der Waals surface area (Å²) in [5, 5.41) is 0.363. The summed E-state index contributed by atoms with van der Waals surface area (Å²) >= 11 is 9.24. The summed E-state index contributed by atoms with van der Waals surface area (Å²) in [6.45, 7) is 5.35. The maximum Gasteiger partial charge on any atom is 0.338 e. The zero-order valence-corrected chi connectivity index (χ0v) is 23.7. The summed E-state index contributed by atoms with van der Waals surface area (Å²) in [7, 11) is 3.03. The Kier molecular flexibility index (Phi) is 8.16.